The van der Waals surface area contributed by atoms with Gasteiger partial charge in [0.05, 0.1) is 29.3 Å². The third-order valence-corrected chi connectivity index (χ3v) is 7.97. The van der Waals surface area contributed by atoms with Crippen molar-refractivity contribution in [3.63, 3.8) is 0 Å². The first-order valence-corrected chi connectivity index (χ1v) is 12.5. The zero-order valence-electron chi connectivity index (χ0n) is 18.0. The molecule has 2 heterocycles. The number of amides is 1. The number of nitrogens with one attached hydrogen (secondary N) is 2. The van der Waals surface area contributed by atoms with Gasteiger partial charge in [-0.1, -0.05) is 23.7 Å². The van der Waals surface area contributed by atoms with Crippen LogP contribution in [0.3, 0.4) is 0 Å². The minimum atomic E-state index is -3.84. The van der Waals surface area contributed by atoms with E-state index in [-0.39, 0.29) is 28.6 Å². The number of imidazole rings is 1. The molecule has 0 bridgehead atoms. The molecule has 1 fully saturated rings. The highest BCUT2D eigenvalue weighted by Crippen LogP contribution is 2.27. The Morgan fingerprint density at radius 2 is 1.76 bits per heavy atom. The van der Waals surface area contributed by atoms with Gasteiger partial charge in [0, 0.05) is 29.9 Å². The van der Waals surface area contributed by atoms with Gasteiger partial charge in [-0.2, -0.15) is 4.31 Å². The fourth-order valence-corrected chi connectivity index (χ4v) is 5.68. The van der Waals surface area contributed by atoms with Crippen LogP contribution in [0.15, 0.2) is 71.6 Å². The summed E-state index contributed by atoms with van der Waals surface area (Å²) in [5.74, 6) is 0.293. The molecule has 0 aliphatic carbocycles. The molecule has 1 aliphatic heterocycles. The molecule has 4 aromatic rings. The number of hydrogen-bond acceptors (Lipinski definition) is 5. The van der Waals surface area contributed by atoms with E-state index in [0.717, 1.165) is 22.4 Å². The van der Waals surface area contributed by atoms with E-state index in [1.807, 2.05) is 36.4 Å². The molecule has 5 rings (SSSR count). The number of para-hydroxylation sites is 2. The molecule has 34 heavy (non-hydrogen) atoms. The summed E-state index contributed by atoms with van der Waals surface area (Å²) >= 11 is 6.19. The lowest BCUT2D eigenvalue weighted by Gasteiger charge is -2.26. The second-order valence-corrected chi connectivity index (χ2v) is 10.1. The summed E-state index contributed by atoms with van der Waals surface area (Å²) in [5.41, 5.74) is 3.45. The molecule has 0 unspecified atom stereocenters. The number of halogens is 1. The standard InChI is InChI=1S/C24H21ClN4O4S/c25-19-10-7-17(15-22(19)34(31,32)29-11-13-33-14-12-29)24(30)26-18-8-5-16(6-9-18)23-27-20-3-1-2-4-21(20)28-23/h1-10,15H,11-14H2,(H,26,30)(H,27,28). The molecule has 1 aromatic heterocycles. The minimum Gasteiger partial charge on any atom is -0.379 e. The molecular weight excluding hydrogens is 476 g/mol. The van der Waals surface area contributed by atoms with Crippen molar-refractivity contribution in [2.24, 2.45) is 0 Å². The zero-order chi connectivity index (χ0) is 23.7. The fraction of sp³-hybridized carbons (Fsp3) is 0.167. The number of aromatic amines is 1. The van der Waals surface area contributed by atoms with Crippen molar-refractivity contribution in [2.75, 3.05) is 31.6 Å². The summed E-state index contributed by atoms with van der Waals surface area (Å²) in [5, 5.41) is 2.87. The quantitative estimate of drug-likeness (QED) is 0.432. The van der Waals surface area contributed by atoms with Crippen molar-refractivity contribution in [3.8, 4) is 11.4 Å². The number of rotatable bonds is 5. The summed E-state index contributed by atoms with van der Waals surface area (Å²) in [4.78, 5) is 20.6. The molecule has 1 saturated heterocycles. The van der Waals surface area contributed by atoms with Crippen LogP contribution in [-0.4, -0.2) is 54.9 Å². The van der Waals surface area contributed by atoms with Gasteiger partial charge in [0.1, 0.15) is 10.7 Å². The largest absolute Gasteiger partial charge is 0.379 e. The Bertz CT molecular complexity index is 1430. The maximum Gasteiger partial charge on any atom is 0.255 e. The Labute approximate surface area is 201 Å². The van der Waals surface area contributed by atoms with Crippen LogP contribution in [0, 0.1) is 0 Å². The van der Waals surface area contributed by atoms with Crippen LogP contribution >= 0.6 is 11.6 Å². The van der Waals surface area contributed by atoms with Crippen LogP contribution in [0.1, 0.15) is 10.4 Å². The van der Waals surface area contributed by atoms with Crippen molar-refractivity contribution >= 4 is 44.3 Å². The second kappa shape index (κ2) is 9.19. The second-order valence-electron chi connectivity index (χ2n) is 7.80. The van der Waals surface area contributed by atoms with Gasteiger partial charge in [-0.05, 0) is 54.6 Å². The highest BCUT2D eigenvalue weighted by molar-refractivity contribution is 7.89. The lowest BCUT2D eigenvalue weighted by Crippen LogP contribution is -2.40. The first kappa shape index (κ1) is 22.5. The molecular formula is C24H21ClN4O4S. The number of anilines is 1. The number of sulfonamides is 1. The van der Waals surface area contributed by atoms with E-state index in [1.54, 1.807) is 12.1 Å². The number of nitrogens with zero attached hydrogens (tertiary/aromatic N) is 2. The Balaban J connectivity index is 1.34. The number of carbonyl (C=O) groups excluding carboxylic acids is 1. The first-order chi connectivity index (χ1) is 16.4. The highest BCUT2D eigenvalue weighted by atomic mass is 35.5. The Morgan fingerprint density at radius 3 is 2.50 bits per heavy atom. The summed E-state index contributed by atoms with van der Waals surface area (Å²) in [6.45, 7) is 1.13. The van der Waals surface area contributed by atoms with Crippen LogP contribution in [0.2, 0.25) is 5.02 Å². The van der Waals surface area contributed by atoms with E-state index in [0.29, 0.717) is 18.9 Å². The number of aromatic nitrogens is 2. The zero-order valence-corrected chi connectivity index (χ0v) is 19.6. The number of fused-ring (bicyclic) bond motifs is 1. The summed E-state index contributed by atoms with van der Waals surface area (Å²) in [6, 6.07) is 19.2. The van der Waals surface area contributed by atoms with Gasteiger partial charge >= 0.3 is 0 Å². The lowest BCUT2D eigenvalue weighted by atomic mass is 10.1. The molecule has 8 nitrogen and oxygen atoms in total. The molecule has 10 heteroatoms. The van der Waals surface area contributed by atoms with Crippen LogP contribution in [0.25, 0.3) is 22.4 Å². The van der Waals surface area contributed by atoms with Gasteiger partial charge in [0.2, 0.25) is 10.0 Å². The van der Waals surface area contributed by atoms with E-state index in [1.165, 1.54) is 22.5 Å². The average Bonchev–Trinajstić information content (AvgIpc) is 3.29. The van der Waals surface area contributed by atoms with Crippen LogP contribution in [-0.2, 0) is 14.8 Å². The predicted octanol–water partition coefficient (Wildman–Crippen LogP) is 4.16. The third kappa shape index (κ3) is 4.43. The molecule has 0 atom stereocenters. The fourth-order valence-electron chi connectivity index (χ4n) is 3.77. The monoisotopic (exact) mass is 496 g/mol. The maximum atomic E-state index is 13.0. The normalized spacial score (nSPS) is 14.9. The molecule has 0 radical (unpaired) electrons. The van der Waals surface area contributed by atoms with Gasteiger partial charge in [-0.15, -0.1) is 0 Å². The predicted molar refractivity (Wildman–Crippen MR) is 131 cm³/mol. The number of benzene rings is 3. The molecule has 0 saturated carbocycles. The summed E-state index contributed by atoms with van der Waals surface area (Å²) in [6.07, 6.45) is 0. The number of hydrogen-bond donors (Lipinski definition) is 2. The summed E-state index contributed by atoms with van der Waals surface area (Å²) in [7, 11) is -3.84. The first-order valence-electron chi connectivity index (χ1n) is 10.7. The molecule has 174 valence electrons. The van der Waals surface area contributed by atoms with Gasteiger partial charge < -0.3 is 15.0 Å². The Morgan fingerprint density at radius 1 is 1.03 bits per heavy atom. The smallest absolute Gasteiger partial charge is 0.255 e. The van der Waals surface area contributed by atoms with E-state index < -0.39 is 15.9 Å². The molecule has 3 aromatic carbocycles. The molecule has 2 N–H and O–H groups in total. The molecule has 1 aliphatic rings. The van der Waals surface area contributed by atoms with Crippen molar-refractivity contribution < 1.29 is 17.9 Å². The van der Waals surface area contributed by atoms with Crippen LogP contribution in [0.4, 0.5) is 5.69 Å². The van der Waals surface area contributed by atoms with Gasteiger partial charge in [0.25, 0.3) is 5.91 Å². The number of morpholine rings is 1. The minimum absolute atomic E-state index is 0.0678. The third-order valence-electron chi connectivity index (χ3n) is 5.59. The number of ether oxygens (including phenoxy) is 1. The van der Waals surface area contributed by atoms with Gasteiger partial charge in [-0.3, -0.25) is 4.79 Å². The van der Waals surface area contributed by atoms with E-state index in [9.17, 15) is 13.2 Å². The summed E-state index contributed by atoms with van der Waals surface area (Å²) < 4.78 is 32.6. The van der Waals surface area contributed by atoms with E-state index in [4.69, 9.17) is 16.3 Å². The Kier molecular flexibility index (Phi) is 6.09. The van der Waals surface area contributed by atoms with E-state index >= 15 is 0 Å². The number of carbonyl (C=O) groups is 1. The van der Waals surface area contributed by atoms with Crippen LogP contribution < -0.4 is 5.32 Å². The maximum absolute atomic E-state index is 13.0. The number of H-pyrrole nitrogens is 1. The molecule has 0 spiro atoms. The van der Waals surface area contributed by atoms with Crippen molar-refractivity contribution in [2.45, 2.75) is 4.90 Å². The average molecular weight is 497 g/mol. The van der Waals surface area contributed by atoms with Crippen molar-refractivity contribution in [1.29, 1.82) is 0 Å². The van der Waals surface area contributed by atoms with Crippen molar-refractivity contribution in [1.82, 2.24) is 14.3 Å². The van der Waals surface area contributed by atoms with E-state index in [2.05, 4.69) is 15.3 Å². The van der Waals surface area contributed by atoms with Gasteiger partial charge in [0.15, 0.2) is 0 Å². The highest BCUT2D eigenvalue weighted by Gasteiger charge is 2.29. The van der Waals surface area contributed by atoms with Gasteiger partial charge in [-0.25, -0.2) is 13.4 Å². The lowest BCUT2D eigenvalue weighted by molar-refractivity contribution is 0.0730. The Hall–Kier alpha value is -3.24. The topological polar surface area (TPSA) is 104 Å². The SMILES string of the molecule is O=C(Nc1ccc(-c2nc3ccccc3[nH]2)cc1)c1ccc(Cl)c(S(=O)(=O)N2CCOCC2)c1. The van der Waals surface area contributed by atoms with Crippen LogP contribution in [0.5, 0.6) is 0 Å². The molecule has 1 amide bonds. The van der Waals surface area contributed by atoms with Crippen molar-refractivity contribution in [3.05, 3.63) is 77.3 Å².